The molecule has 0 aliphatic carbocycles. The molecule has 0 aromatic carbocycles. The van der Waals surface area contributed by atoms with Crippen molar-refractivity contribution in [3.8, 4) is 0 Å². The van der Waals surface area contributed by atoms with Crippen molar-refractivity contribution in [2.45, 2.75) is 13.0 Å². The van der Waals surface area contributed by atoms with E-state index in [1.165, 1.54) is 7.05 Å². The van der Waals surface area contributed by atoms with Gasteiger partial charge in [0, 0.05) is 13.6 Å². The number of aromatic nitrogens is 3. The standard InChI is InChI=1S/C7H11N3O3S/c1-9-5(11)8-6(12)10(7(9)13)3-2-4-14/h14H,2-4H2,1H3,(H,8,11,12). The summed E-state index contributed by atoms with van der Waals surface area (Å²) in [5.74, 6) is 0.578. The second-order valence-electron chi connectivity index (χ2n) is 2.81. The Morgan fingerprint density at radius 3 is 2.50 bits per heavy atom. The van der Waals surface area contributed by atoms with E-state index in [2.05, 4.69) is 12.6 Å². The average Bonchev–Trinajstić information content (AvgIpc) is 2.14. The Morgan fingerprint density at radius 1 is 1.29 bits per heavy atom. The molecular formula is C7H11N3O3S. The van der Waals surface area contributed by atoms with Crippen LogP contribution in [0.1, 0.15) is 6.42 Å². The quantitative estimate of drug-likeness (QED) is 0.608. The van der Waals surface area contributed by atoms with E-state index in [1.54, 1.807) is 0 Å². The van der Waals surface area contributed by atoms with E-state index in [0.29, 0.717) is 12.2 Å². The first-order valence-corrected chi connectivity index (χ1v) is 4.72. The highest BCUT2D eigenvalue weighted by atomic mass is 32.1. The van der Waals surface area contributed by atoms with Crippen molar-refractivity contribution < 1.29 is 0 Å². The number of thiol groups is 1. The number of nitrogens with one attached hydrogen (secondary N) is 1. The average molecular weight is 217 g/mol. The number of aromatic amines is 1. The van der Waals surface area contributed by atoms with Crippen molar-refractivity contribution in [1.29, 1.82) is 0 Å². The summed E-state index contributed by atoms with van der Waals surface area (Å²) in [4.78, 5) is 35.6. The van der Waals surface area contributed by atoms with E-state index < -0.39 is 17.1 Å². The van der Waals surface area contributed by atoms with Crippen LogP contribution in [0.4, 0.5) is 0 Å². The van der Waals surface area contributed by atoms with Crippen LogP contribution in [-0.2, 0) is 13.6 Å². The Morgan fingerprint density at radius 2 is 1.93 bits per heavy atom. The van der Waals surface area contributed by atoms with Crippen molar-refractivity contribution in [3.05, 3.63) is 31.5 Å². The normalized spacial score (nSPS) is 10.4. The van der Waals surface area contributed by atoms with Gasteiger partial charge in [-0.3, -0.25) is 4.98 Å². The van der Waals surface area contributed by atoms with Crippen LogP contribution in [0.3, 0.4) is 0 Å². The highest BCUT2D eigenvalue weighted by Gasteiger charge is 2.04. The molecule has 7 heteroatoms. The minimum atomic E-state index is -0.692. The first-order chi connectivity index (χ1) is 6.57. The molecule has 0 radical (unpaired) electrons. The lowest BCUT2D eigenvalue weighted by Gasteiger charge is -2.03. The predicted molar refractivity (Wildman–Crippen MR) is 55.0 cm³/mol. The lowest BCUT2D eigenvalue weighted by atomic mass is 10.5. The second kappa shape index (κ2) is 4.32. The Balaban J connectivity index is 3.31. The fourth-order valence-corrected chi connectivity index (χ4v) is 1.17. The van der Waals surface area contributed by atoms with Crippen molar-refractivity contribution >= 4 is 12.6 Å². The molecule has 1 rings (SSSR count). The topological polar surface area (TPSA) is 76.9 Å². The van der Waals surface area contributed by atoms with Crippen molar-refractivity contribution in [3.63, 3.8) is 0 Å². The Bertz CT molecular complexity index is 484. The molecule has 1 heterocycles. The zero-order valence-electron chi connectivity index (χ0n) is 7.69. The van der Waals surface area contributed by atoms with Gasteiger partial charge in [-0.15, -0.1) is 0 Å². The van der Waals surface area contributed by atoms with Crippen LogP contribution in [0.2, 0.25) is 0 Å². The molecule has 0 saturated heterocycles. The zero-order chi connectivity index (χ0) is 10.7. The number of H-pyrrole nitrogens is 1. The first-order valence-electron chi connectivity index (χ1n) is 4.09. The Labute approximate surface area is 84.6 Å². The molecule has 0 atom stereocenters. The highest BCUT2D eigenvalue weighted by Crippen LogP contribution is 1.84. The maximum absolute atomic E-state index is 11.4. The van der Waals surface area contributed by atoms with Gasteiger partial charge in [-0.2, -0.15) is 12.6 Å². The van der Waals surface area contributed by atoms with Crippen molar-refractivity contribution in [2.24, 2.45) is 7.05 Å². The third-order valence-electron chi connectivity index (χ3n) is 1.82. The molecule has 78 valence electrons. The van der Waals surface area contributed by atoms with Gasteiger partial charge >= 0.3 is 17.1 Å². The number of hydrogen-bond donors (Lipinski definition) is 2. The highest BCUT2D eigenvalue weighted by molar-refractivity contribution is 7.80. The van der Waals surface area contributed by atoms with Crippen molar-refractivity contribution in [2.75, 3.05) is 5.75 Å². The summed E-state index contributed by atoms with van der Waals surface area (Å²) in [6, 6.07) is 0. The summed E-state index contributed by atoms with van der Waals surface area (Å²) in [6.07, 6.45) is 0.601. The SMILES string of the molecule is Cn1c(=O)[nH]c(=O)n(CCCS)c1=O. The van der Waals surface area contributed by atoms with Gasteiger partial charge < -0.3 is 0 Å². The Hall–Kier alpha value is -1.24. The zero-order valence-corrected chi connectivity index (χ0v) is 8.58. The molecule has 1 aromatic rings. The van der Waals surface area contributed by atoms with Crippen LogP contribution < -0.4 is 17.1 Å². The first kappa shape index (κ1) is 10.8. The third kappa shape index (κ3) is 1.98. The van der Waals surface area contributed by atoms with E-state index in [0.717, 1.165) is 9.13 Å². The van der Waals surface area contributed by atoms with E-state index in [-0.39, 0.29) is 6.54 Å². The smallest absolute Gasteiger partial charge is 0.259 e. The van der Waals surface area contributed by atoms with E-state index in [9.17, 15) is 14.4 Å². The molecule has 14 heavy (non-hydrogen) atoms. The molecule has 0 unspecified atom stereocenters. The molecule has 0 bridgehead atoms. The lowest BCUT2D eigenvalue weighted by molar-refractivity contribution is 0.545. The molecule has 0 fully saturated rings. The third-order valence-corrected chi connectivity index (χ3v) is 2.14. The van der Waals surface area contributed by atoms with Gasteiger partial charge in [0.2, 0.25) is 0 Å². The minimum Gasteiger partial charge on any atom is -0.259 e. The van der Waals surface area contributed by atoms with Gasteiger partial charge in [0.15, 0.2) is 0 Å². The van der Waals surface area contributed by atoms with Crippen LogP contribution in [0.25, 0.3) is 0 Å². The largest absolute Gasteiger partial charge is 0.336 e. The van der Waals surface area contributed by atoms with Gasteiger partial charge in [-0.1, -0.05) is 0 Å². The molecular weight excluding hydrogens is 206 g/mol. The number of hydrogen-bond acceptors (Lipinski definition) is 4. The maximum atomic E-state index is 11.4. The summed E-state index contributed by atoms with van der Waals surface area (Å²) in [5.41, 5.74) is -1.96. The summed E-state index contributed by atoms with van der Waals surface area (Å²) in [6.45, 7) is 0.270. The Kier molecular flexibility index (Phi) is 3.34. The maximum Gasteiger partial charge on any atom is 0.336 e. The molecule has 0 amide bonds. The molecule has 0 spiro atoms. The van der Waals surface area contributed by atoms with Gasteiger partial charge in [0.25, 0.3) is 0 Å². The number of rotatable bonds is 3. The summed E-state index contributed by atoms with van der Waals surface area (Å²) in [7, 11) is 1.32. The minimum absolute atomic E-state index is 0.270. The number of nitrogens with zero attached hydrogens (tertiary/aromatic N) is 2. The summed E-state index contributed by atoms with van der Waals surface area (Å²) < 4.78 is 1.84. The van der Waals surface area contributed by atoms with Crippen LogP contribution >= 0.6 is 12.6 Å². The molecule has 1 N–H and O–H groups in total. The monoisotopic (exact) mass is 217 g/mol. The molecule has 0 aliphatic heterocycles. The second-order valence-corrected chi connectivity index (χ2v) is 3.25. The molecule has 6 nitrogen and oxygen atoms in total. The van der Waals surface area contributed by atoms with Crippen molar-refractivity contribution in [1.82, 2.24) is 14.1 Å². The van der Waals surface area contributed by atoms with Crippen LogP contribution in [0, 0.1) is 0 Å². The van der Waals surface area contributed by atoms with Gasteiger partial charge in [0.1, 0.15) is 0 Å². The van der Waals surface area contributed by atoms with Crippen LogP contribution in [-0.4, -0.2) is 19.9 Å². The summed E-state index contributed by atoms with van der Waals surface area (Å²) in [5, 5.41) is 0. The van der Waals surface area contributed by atoms with E-state index in [4.69, 9.17) is 0 Å². The summed E-state index contributed by atoms with van der Waals surface area (Å²) >= 11 is 3.97. The van der Waals surface area contributed by atoms with E-state index in [1.807, 2.05) is 4.98 Å². The molecule has 0 aliphatic rings. The predicted octanol–water partition coefficient (Wildman–Crippen LogP) is -1.44. The van der Waals surface area contributed by atoms with Gasteiger partial charge in [-0.05, 0) is 12.2 Å². The van der Waals surface area contributed by atoms with Crippen LogP contribution in [0.5, 0.6) is 0 Å². The fraction of sp³-hybridized carbons (Fsp3) is 0.571. The van der Waals surface area contributed by atoms with Gasteiger partial charge in [-0.25, -0.2) is 23.5 Å². The molecule has 1 aromatic heterocycles. The molecule has 0 saturated carbocycles. The lowest BCUT2D eigenvalue weighted by Crippen LogP contribution is -2.48. The fourth-order valence-electron chi connectivity index (χ4n) is 1.02. The van der Waals surface area contributed by atoms with E-state index >= 15 is 0 Å². The van der Waals surface area contributed by atoms with Gasteiger partial charge in [0.05, 0.1) is 0 Å². The van der Waals surface area contributed by atoms with Crippen LogP contribution in [0.15, 0.2) is 14.4 Å².